The van der Waals surface area contributed by atoms with Crippen LogP contribution in [-0.4, -0.2) is 22.6 Å². The quantitative estimate of drug-likeness (QED) is 0.395. The summed E-state index contributed by atoms with van der Waals surface area (Å²) in [6.45, 7) is 12.9. The molecule has 3 N–H and O–H groups in total. The van der Waals surface area contributed by atoms with E-state index in [1.165, 1.54) is 49.4 Å². The summed E-state index contributed by atoms with van der Waals surface area (Å²) >= 11 is 6.29. The summed E-state index contributed by atoms with van der Waals surface area (Å²) in [5.74, 6) is 2.07. The molecule has 4 nitrogen and oxygen atoms in total. The fraction of sp³-hybridized carbons (Fsp3) is 0.536. The molecule has 0 saturated carbocycles. The van der Waals surface area contributed by atoms with Gasteiger partial charge in [0.2, 0.25) is 0 Å². The normalized spacial score (nSPS) is 20.8. The average molecular weight is 471 g/mol. The fourth-order valence-electron chi connectivity index (χ4n) is 4.95. The second kappa shape index (κ2) is 14.3. The predicted octanol–water partition coefficient (Wildman–Crippen LogP) is 6.55. The molecular formula is C28H43ClN4. The van der Waals surface area contributed by atoms with Crippen molar-refractivity contribution in [2.75, 3.05) is 13.1 Å². The number of benzene rings is 1. The summed E-state index contributed by atoms with van der Waals surface area (Å²) in [5, 5.41) is 4.38. The van der Waals surface area contributed by atoms with Crippen molar-refractivity contribution >= 4 is 11.6 Å². The molecule has 1 aliphatic carbocycles. The number of hydrogen-bond donors (Lipinski definition) is 2. The van der Waals surface area contributed by atoms with E-state index in [1.54, 1.807) is 18.0 Å². The smallest absolute Gasteiger partial charge is 0.0946 e. The van der Waals surface area contributed by atoms with Crippen molar-refractivity contribution in [2.45, 2.75) is 65.2 Å². The lowest BCUT2D eigenvalue weighted by molar-refractivity contribution is 0.314. The Morgan fingerprint density at radius 3 is 2.48 bits per heavy atom. The zero-order chi connectivity index (χ0) is 24.2. The number of allylic oxidation sites excluding steroid dienone is 2. The highest BCUT2D eigenvalue weighted by molar-refractivity contribution is 6.30. The second-order valence-corrected chi connectivity index (χ2v) is 9.73. The number of imidazole rings is 1. The van der Waals surface area contributed by atoms with E-state index in [1.807, 2.05) is 31.7 Å². The summed E-state index contributed by atoms with van der Waals surface area (Å²) < 4.78 is 1.93. The molecule has 2 atom stereocenters. The number of fused-ring (bicyclic) bond motifs is 1. The predicted molar refractivity (Wildman–Crippen MR) is 143 cm³/mol. The van der Waals surface area contributed by atoms with Crippen LogP contribution in [0.3, 0.4) is 0 Å². The topological polar surface area (TPSA) is 55.9 Å². The van der Waals surface area contributed by atoms with Crippen LogP contribution in [0.4, 0.5) is 0 Å². The first kappa shape index (κ1) is 27.2. The Morgan fingerprint density at radius 1 is 1.27 bits per heavy atom. The first-order chi connectivity index (χ1) is 15.9. The minimum atomic E-state index is 0.633. The maximum Gasteiger partial charge on any atom is 0.0946 e. The van der Waals surface area contributed by atoms with Gasteiger partial charge in [-0.3, -0.25) is 0 Å². The van der Waals surface area contributed by atoms with Gasteiger partial charge in [-0.2, -0.15) is 0 Å². The van der Waals surface area contributed by atoms with Gasteiger partial charge in [0.15, 0.2) is 0 Å². The van der Waals surface area contributed by atoms with Crippen LogP contribution >= 0.6 is 11.6 Å². The molecular weight excluding hydrogens is 428 g/mol. The number of aryl methyl sites for hydroxylation is 2. The summed E-state index contributed by atoms with van der Waals surface area (Å²) in [7, 11) is 1.96. The molecule has 0 spiro atoms. The maximum atomic E-state index is 6.29. The molecule has 4 rings (SSSR count). The number of nitrogens with zero attached hydrogens (tertiary/aromatic N) is 2. The van der Waals surface area contributed by atoms with Crippen molar-refractivity contribution < 1.29 is 0 Å². The van der Waals surface area contributed by atoms with Crippen molar-refractivity contribution in [2.24, 2.45) is 24.6 Å². The molecule has 1 aromatic carbocycles. The summed E-state index contributed by atoms with van der Waals surface area (Å²) in [6, 6.07) is 6.59. The number of nitrogens with two attached hydrogens (primary N) is 1. The minimum Gasteiger partial charge on any atom is -0.405 e. The molecule has 5 heteroatoms. The van der Waals surface area contributed by atoms with Gasteiger partial charge in [-0.1, -0.05) is 49.2 Å². The standard InChI is InChI=1S/C20H28ClN.C5H8N2.C3H7N/c1-3-4-16-12-17-13-18(21)5-6-19(17)20(11-14(16)2)15-7-9-22-10-8-15;1-5-3-7(2)4-6-5;1-2-3-4/h5-6,13,15-16,20,22H,2-4,7-12H2,1H3;3-4H,1-2H3;2-3H,4H2,1H3/b;;3-2-. The third-order valence-electron chi connectivity index (χ3n) is 6.65. The van der Waals surface area contributed by atoms with E-state index >= 15 is 0 Å². The van der Waals surface area contributed by atoms with Gasteiger partial charge in [0.1, 0.15) is 0 Å². The minimum absolute atomic E-state index is 0.633. The third-order valence-corrected chi connectivity index (χ3v) is 6.88. The van der Waals surface area contributed by atoms with E-state index in [2.05, 4.69) is 42.0 Å². The molecule has 1 fully saturated rings. The van der Waals surface area contributed by atoms with Crippen LogP contribution in [0.1, 0.15) is 68.7 Å². The molecule has 1 aliphatic heterocycles. The monoisotopic (exact) mass is 470 g/mol. The first-order valence-electron chi connectivity index (χ1n) is 12.3. The van der Waals surface area contributed by atoms with Crippen molar-refractivity contribution in [3.05, 3.63) is 77.0 Å². The van der Waals surface area contributed by atoms with E-state index in [0.717, 1.165) is 36.1 Å². The van der Waals surface area contributed by atoms with E-state index in [-0.39, 0.29) is 0 Å². The van der Waals surface area contributed by atoms with Crippen LogP contribution in [0, 0.1) is 18.8 Å². The fourth-order valence-corrected chi connectivity index (χ4v) is 5.14. The number of hydrogen-bond acceptors (Lipinski definition) is 3. The van der Waals surface area contributed by atoms with Crippen LogP contribution in [-0.2, 0) is 13.5 Å². The van der Waals surface area contributed by atoms with Crippen LogP contribution in [0.5, 0.6) is 0 Å². The van der Waals surface area contributed by atoms with Crippen molar-refractivity contribution in [3.63, 3.8) is 0 Å². The van der Waals surface area contributed by atoms with Crippen molar-refractivity contribution in [3.8, 4) is 0 Å². The van der Waals surface area contributed by atoms with E-state index in [9.17, 15) is 0 Å². The van der Waals surface area contributed by atoms with Crippen LogP contribution in [0.25, 0.3) is 0 Å². The van der Waals surface area contributed by atoms with Gasteiger partial charge in [0.25, 0.3) is 0 Å². The molecule has 0 radical (unpaired) electrons. The molecule has 182 valence electrons. The number of piperidine rings is 1. The lowest BCUT2D eigenvalue weighted by Crippen LogP contribution is -2.31. The molecule has 1 aromatic heterocycles. The van der Waals surface area contributed by atoms with E-state index in [0.29, 0.717) is 11.8 Å². The highest BCUT2D eigenvalue weighted by atomic mass is 35.5. The van der Waals surface area contributed by atoms with Crippen LogP contribution in [0.2, 0.25) is 5.02 Å². The molecule has 2 unspecified atom stereocenters. The zero-order valence-corrected chi connectivity index (χ0v) is 21.7. The highest BCUT2D eigenvalue weighted by Gasteiger charge is 2.31. The molecule has 2 heterocycles. The second-order valence-electron chi connectivity index (χ2n) is 9.30. The van der Waals surface area contributed by atoms with Gasteiger partial charge >= 0.3 is 0 Å². The Labute approximate surface area is 206 Å². The number of nitrogens with one attached hydrogen (secondary N) is 1. The SMILES string of the molecule is C/C=C\N.C=C1CC(C2CCNCC2)c2ccc(Cl)cc2CC1CCC.Cc1cn(C)cn1. The number of aromatic nitrogens is 2. The van der Waals surface area contributed by atoms with E-state index < -0.39 is 0 Å². The largest absolute Gasteiger partial charge is 0.405 e. The molecule has 2 aromatic rings. The van der Waals surface area contributed by atoms with Crippen molar-refractivity contribution in [1.29, 1.82) is 0 Å². The van der Waals surface area contributed by atoms with Gasteiger partial charge < -0.3 is 15.6 Å². The number of rotatable bonds is 3. The third kappa shape index (κ3) is 8.68. The summed E-state index contributed by atoms with van der Waals surface area (Å²) in [5.41, 5.74) is 10.4. The van der Waals surface area contributed by atoms with Crippen molar-refractivity contribution in [1.82, 2.24) is 14.9 Å². The summed E-state index contributed by atoms with van der Waals surface area (Å²) in [4.78, 5) is 3.98. The van der Waals surface area contributed by atoms with Gasteiger partial charge in [-0.05, 0) is 106 Å². The van der Waals surface area contributed by atoms with Gasteiger partial charge in [0.05, 0.1) is 12.0 Å². The Kier molecular flexibility index (Phi) is 11.8. The Hall–Kier alpha value is -2.04. The summed E-state index contributed by atoms with van der Waals surface area (Å²) in [6.07, 6.45) is 14.4. The van der Waals surface area contributed by atoms with Crippen LogP contribution < -0.4 is 11.1 Å². The van der Waals surface area contributed by atoms with Crippen LogP contribution in [0.15, 0.2) is 55.2 Å². The van der Waals surface area contributed by atoms with Gasteiger partial charge in [-0.15, -0.1) is 0 Å². The van der Waals surface area contributed by atoms with Gasteiger partial charge in [-0.25, -0.2) is 4.98 Å². The Bertz CT molecular complexity index is 859. The molecule has 33 heavy (non-hydrogen) atoms. The Morgan fingerprint density at radius 2 is 1.97 bits per heavy atom. The van der Waals surface area contributed by atoms with E-state index in [4.69, 9.17) is 17.3 Å². The van der Waals surface area contributed by atoms with Gasteiger partial charge in [0, 0.05) is 18.3 Å². The number of halogens is 1. The molecule has 0 amide bonds. The molecule has 2 aliphatic rings. The maximum absolute atomic E-state index is 6.29. The molecule has 1 saturated heterocycles. The lowest BCUT2D eigenvalue weighted by Gasteiger charge is -2.32. The zero-order valence-electron chi connectivity index (χ0n) is 21.0. The Balaban J connectivity index is 0.000000290. The average Bonchev–Trinajstić information content (AvgIpc) is 3.14. The molecule has 0 bridgehead atoms. The highest BCUT2D eigenvalue weighted by Crippen LogP contribution is 2.44. The lowest BCUT2D eigenvalue weighted by atomic mass is 9.76. The first-order valence-corrected chi connectivity index (χ1v) is 12.7.